The number of pyridine rings is 1. The predicted octanol–water partition coefficient (Wildman–Crippen LogP) is 2.52. The van der Waals surface area contributed by atoms with Crippen LogP contribution in [0.15, 0.2) is 36.7 Å². The SMILES string of the molecule is Cc1c(C#N)c(-c2cnn(C)c2)nc2ccccc12.O=CO. The topological polar surface area (TPSA) is 91.8 Å². The summed E-state index contributed by atoms with van der Waals surface area (Å²) in [6.07, 6.45) is 3.61. The monoisotopic (exact) mass is 294 g/mol. The number of nitrogens with zero attached hydrogens (tertiary/aromatic N) is 4. The van der Waals surface area contributed by atoms with Crippen LogP contribution >= 0.6 is 0 Å². The number of aromatic nitrogens is 3. The van der Waals surface area contributed by atoms with Crippen LogP contribution in [0.1, 0.15) is 11.1 Å². The molecule has 0 unspecified atom stereocenters. The smallest absolute Gasteiger partial charge is 0.290 e. The van der Waals surface area contributed by atoms with Crippen LogP contribution in [0, 0.1) is 18.3 Å². The van der Waals surface area contributed by atoms with Crippen LogP contribution in [0.25, 0.3) is 22.2 Å². The van der Waals surface area contributed by atoms with E-state index in [0.717, 1.165) is 22.0 Å². The van der Waals surface area contributed by atoms with E-state index in [2.05, 4.69) is 16.2 Å². The number of rotatable bonds is 1. The molecule has 2 heterocycles. The summed E-state index contributed by atoms with van der Waals surface area (Å²) >= 11 is 0. The van der Waals surface area contributed by atoms with E-state index >= 15 is 0 Å². The first-order valence-corrected chi connectivity index (χ1v) is 6.48. The molecule has 0 aliphatic heterocycles. The molecule has 0 bridgehead atoms. The first-order chi connectivity index (χ1) is 10.6. The molecule has 22 heavy (non-hydrogen) atoms. The van der Waals surface area contributed by atoms with E-state index in [4.69, 9.17) is 9.90 Å². The molecule has 2 aromatic heterocycles. The van der Waals surface area contributed by atoms with E-state index in [0.29, 0.717) is 11.3 Å². The van der Waals surface area contributed by atoms with Gasteiger partial charge in [0.05, 0.1) is 23.0 Å². The number of hydrogen-bond acceptors (Lipinski definition) is 4. The Kier molecular flexibility index (Phi) is 4.49. The molecule has 6 heteroatoms. The number of carboxylic acid groups (broad SMARTS) is 1. The number of fused-ring (bicyclic) bond motifs is 1. The molecule has 0 fully saturated rings. The van der Waals surface area contributed by atoms with Crippen LogP contribution in [0.2, 0.25) is 0 Å². The second-order valence-corrected chi connectivity index (χ2v) is 4.60. The summed E-state index contributed by atoms with van der Waals surface area (Å²) in [7, 11) is 1.85. The summed E-state index contributed by atoms with van der Waals surface area (Å²) in [5.74, 6) is 0. The number of para-hydroxylation sites is 1. The van der Waals surface area contributed by atoms with E-state index < -0.39 is 0 Å². The number of aryl methyl sites for hydroxylation is 2. The van der Waals surface area contributed by atoms with Gasteiger partial charge in [-0.15, -0.1) is 0 Å². The third kappa shape index (κ3) is 2.79. The van der Waals surface area contributed by atoms with Gasteiger partial charge in [-0.3, -0.25) is 9.48 Å². The van der Waals surface area contributed by atoms with Gasteiger partial charge >= 0.3 is 0 Å². The molecule has 0 aliphatic rings. The first-order valence-electron chi connectivity index (χ1n) is 6.48. The summed E-state index contributed by atoms with van der Waals surface area (Å²) < 4.78 is 1.71. The van der Waals surface area contributed by atoms with Crippen LogP contribution in [-0.2, 0) is 11.8 Å². The fourth-order valence-corrected chi connectivity index (χ4v) is 2.27. The van der Waals surface area contributed by atoms with Crippen molar-refractivity contribution in [1.82, 2.24) is 14.8 Å². The largest absolute Gasteiger partial charge is 0.483 e. The maximum absolute atomic E-state index is 9.41. The highest BCUT2D eigenvalue weighted by Gasteiger charge is 2.14. The Balaban J connectivity index is 0.000000545. The van der Waals surface area contributed by atoms with Gasteiger partial charge in [0.25, 0.3) is 6.47 Å². The number of hydrogen-bond donors (Lipinski definition) is 1. The summed E-state index contributed by atoms with van der Waals surface area (Å²) in [5.41, 5.74) is 4.05. The minimum absolute atomic E-state index is 0.250. The van der Waals surface area contributed by atoms with Crippen LogP contribution in [0.5, 0.6) is 0 Å². The fourth-order valence-electron chi connectivity index (χ4n) is 2.27. The highest BCUT2D eigenvalue weighted by atomic mass is 16.3. The molecule has 0 atom stereocenters. The lowest BCUT2D eigenvalue weighted by atomic mass is 10.00. The third-order valence-corrected chi connectivity index (χ3v) is 3.24. The van der Waals surface area contributed by atoms with Gasteiger partial charge in [0, 0.05) is 24.2 Å². The van der Waals surface area contributed by atoms with Crippen molar-refractivity contribution in [3.8, 4) is 17.3 Å². The van der Waals surface area contributed by atoms with Gasteiger partial charge < -0.3 is 5.11 Å². The molecule has 0 spiro atoms. The third-order valence-electron chi connectivity index (χ3n) is 3.24. The summed E-state index contributed by atoms with van der Waals surface area (Å²) in [5, 5.41) is 21.5. The zero-order chi connectivity index (χ0) is 16.1. The number of nitriles is 1. The van der Waals surface area contributed by atoms with Gasteiger partial charge in [-0.1, -0.05) is 18.2 Å². The Morgan fingerprint density at radius 1 is 1.36 bits per heavy atom. The Hall–Kier alpha value is -3.20. The highest BCUT2D eigenvalue weighted by Crippen LogP contribution is 2.28. The van der Waals surface area contributed by atoms with Crippen molar-refractivity contribution >= 4 is 17.4 Å². The standard InChI is InChI=1S/C15H12N4.CH2O2/c1-10-12-5-3-4-6-14(12)18-15(13(10)7-16)11-8-17-19(2)9-11;2-1-3/h3-6,8-9H,1-2H3;1H,(H,2,3). The van der Waals surface area contributed by atoms with Crippen LogP contribution < -0.4 is 0 Å². The molecule has 0 radical (unpaired) electrons. The van der Waals surface area contributed by atoms with Crippen molar-refractivity contribution in [3.63, 3.8) is 0 Å². The quantitative estimate of drug-likeness (QED) is 0.696. The van der Waals surface area contributed by atoms with E-state index in [9.17, 15) is 5.26 Å². The second-order valence-electron chi connectivity index (χ2n) is 4.60. The zero-order valence-electron chi connectivity index (χ0n) is 12.2. The average Bonchev–Trinajstić information content (AvgIpc) is 2.94. The van der Waals surface area contributed by atoms with Crippen molar-refractivity contribution in [2.24, 2.45) is 7.05 Å². The molecule has 3 rings (SSSR count). The molecule has 0 amide bonds. The molecule has 0 aliphatic carbocycles. The maximum Gasteiger partial charge on any atom is 0.290 e. The lowest BCUT2D eigenvalue weighted by Crippen LogP contribution is -1.94. The Bertz CT molecular complexity index is 862. The highest BCUT2D eigenvalue weighted by molar-refractivity contribution is 5.88. The molecular formula is C16H14N4O2. The minimum atomic E-state index is -0.250. The first kappa shape index (κ1) is 15.2. The molecule has 1 N–H and O–H groups in total. The van der Waals surface area contributed by atoms with E-state index in [1.807, 2.05) is 44.4 Å². The van der Waals surface area contributed by atoms with Crippen LogP contribution in [0.3, 0.4) is 0 Å². The fraction of sp³-hybridized carbons (Fsp3) is 0.125. The van der Waals surface area contributed by atoms with Gasteiger partial charge in [-0.05, 0) is 18.6 Å². The van der Waals surface area contributed by atoms with Crippen LogP contribution in [0.4, 0.5) is 0 Å². The van der Waals surface area contributed by atoms with E-state index in [-0.39, 0.29) is 6.47 Å². The lowest BCUT2D eigenvalue weighted by molar-refractivity contribution is -0.122. The summed E-state index contributed by atoms with van der Waals surface area (Å²) in [6, 6.07) is 10.1. The second kappa shape index (κ2) is 6.50. The molecular weight excluding hydrogens is 280 g/mol. The molecule has 3 aromatic rings. The summed E-state index contributed by atoms with van der Waals surface area (Å²) in [6.45, 7) is 1.71. The van der Waals surface area contributed by atoms with Crippen LogP contribution in [-0.4, -0.2) is 26.3 Å². The Morgan fingerprint density at radius 2 is 2.05 bits per heavy atom. The van der Waals surface area contributed by atoms with Gasteiger partial charge in [0.2, 0.25) is 0 Å². The molecule has 0 saturated carbocycles. The van der Waals surface area contributed by atoms with Crippen molar-refractivity contribution in [2.75, 3.05) is 0 Å². The molecule has 110 valence electrons. The predicted molar refractivity (Wildman–Crippen MR) is 82.1 cm³/mol. The molecule has 0 saturated heterocycles. The van der Waals surface area contributed by atoms with E-state index in [1.54, 1.807) is 10.9 Å². The Labute approximate surface area is 127 Å². The number of benzene rings is 1. The summed E-state index contributed by atoms with van der Waals surface area (Å²) in [4.78, 5) is 13.0. The lowest BCUT2D eigenvalue weighted by Gasteiger charge is -2.08. The minimum Gasteiger partial charge on any atom is -0.483 e. The Morgan fingerprint density at radius 3 is 2.64 bits per heavy atom. The van der Waals surface area contributed by atoms with Gasteiger partial charge in [0.15, 0.2) is 0 Å². The molecule has 1 aromatic carbocycles. The number of carbonyl (C=O) groups is 1. The van der Waals surface area contributed by atoms with Crippen molar-refractivity contribution in [3.05, 3.63) is 47.8 Å². The normalized spacial score (nSPS) is 9.68. The average molecular weight is 294 g/mol. The zero-order valence-corrected chi connectivity index (χ0v) is 12.2. The maximum atomic E-state index is 9.41. The van der Waals surface area contributed by atoms with Crippen molar-refractivity contribution in [1.29, 1.82) is 5.26 Å². The van der Waals surface area contributed by atoms with Crippen molar-refractivity contribution < 1.29 is 9.90 Å². The van der Waals surface area contributed by atoms with E-state index in [1.165, 1.54) is 0 Å². The molecule has 6 nitrogen and oxygen atoms in total. The van der Waals surface area contributed by atoms with Crippen molar-refractivity contribution in [2.45, 2.75) is 6.92 Å². The van der Waals surface area contributed by atoms with Gasteiger partial charge in [0.1, 0.15) is 6.07 Å². The van der Waals surface area contributed by atoms with Gasteiger partial charge in [-0.2, -0.15) is 10.4 Å². The van der Waals surface area contributed by atoms with Gasteiger partial charge in [-0.25, -0.2) is 4.98 Å².